The standard InChI is InChI=1S/C14H16Cl3N/c1-14(9-2-3-9)6-8(7-18-14)10-4-12(16)13(17)5-11(10)15/h4-5,8-9,18H,2-3,6-7H2,1H3. The molecular weight excluding hydrogens is 289 g/mol. The van der Waals surface area contributed by atoms with Crippen molar-refractivity contribution >= 4 is 34.8 Å². The van der Waals surface area contributed by atoms with E-state index in [1.165, 1.54) is 12.8 Å². The van der Waals surface area contributed by atoms with Gasteiger partial charge in [0.25, 0.3) is 0 Å². The van der Waals surface area contributed by atoms with E-state index in [9.17, 15) is 0 Å². The monoisotopic (exact) mass is 303 g/mol. The van der Waals surface area contributed by atoms with Crippen LogP contribution in [0.2, 0.25) is 15.1 Å². The molecule has 1 saturated heterocycles. The number of benzene rings is 1. The molecule has 1 aliphatic carbocycles. The Morgan fingerprint density at radius 2 is 1.78 bits per heavy atom. The highest BCUT2D eigenvalue weighted by molar-refractivity contribution is 6.43. The SMILES string of the molecule is CC1(C2CC2)CC(c2cc(Cl)c(Cl)cc2Cl)CN1. The molecule has 0 spiro atoms. The van der Waals surface area contributed by atoms with Crippen molar-refractivity contribution in [2.24, 2.45) is 5.92 Å². The third kappa shape index (κ3) is 2.27. The summed E-state index contributed by atoms with van der Waals surface area (Å²) in [7, 11) is 0. The van der Waals surface area contributed by atoms with Gasteiger partial charge in [0.15, 0.2) is 0 Å². The maximum Gasteiger partial charge on any atom is 0.0607 e. The Bertz CT molecular complexity index is 484. The fraction of sp³-hybridized carbons (Fsp3) is 0.571. The summed E-state index contributed by atoms with van der Waals surface area (Å²) < 4.78 is 0. The first kappa shape index (κ1) is 13.1. The van der Waals surface area contributed by atoms with E-state index < -0.39 is 0 Å². The molecule has 18 heavy (non-hydrogen) atoms. The summed E-state index contributed by atoms with van der Waals surface area (Å²) in [6.07, 6.45) is 3.84. The predicted octanol–water partition coefficient (Wildman–Crippen LogP) is 4.89. The Kier molecular flexibility index (Phi) is 3.30. The second-order valence-corrected chi connectivity index (χ2v) is 6.98. The summed E-state index contributed by atoms with van der Waals surface area (Å²) in [5.74, 6) is 1.28. The van der Waals surface area contributed by atoms with Crippen LogP contribution in [0.3, 0.4) is 0 Å². The number of hydrogen-bond acceptors (Lipinski definition) is 1. The fourth-order valence-corrected chi connectivity index (χ4v) is 3.82. The minimum atomic E-state index is 0.278. The molecule has 4 heteroatoms. The minimum Gasteiger partial charge on any atom is -0.311 e. The topological polar surface area (TPSA) is 12.0 Å². The van der Waals surface area contributed by atoms with Gasteiger partial charge in [-0.25, -0.2) is 0 Å². The highest BCUT2D eigenvalue weighted by Crippen LogP contribution is 2.48. The molecule has 2 fully saturated rings. The lowest BCUT2D eigenvalue weighted by molar-refractivity contribution is 0.358. The van der Waals surface area contributed by atoms with Crippen LogP contribution in [0, 0.1) is 5.92 Å². The van der Waals surface area contributed by atoms with Crippen LogP contribution >= 0.6 is 34.8 Å². The van der Waals surface area contributed by atoms with Crippen molar-refractivity contribution in [1.82, 2.24) is 5.32 Å². The van der Waals surface area contributed by atoms with Crippen LogP contribution in [0.15, 0.2) is 12.1 Å². The molecule has 0 aromatic heterocycles. The average molecular weight is 305 g/mol. The van der Waals surface area contributed by atoms with Gasteiger partial charge in [0, 0.05) is 17.1 Å². The minimum absolute atomic E-state index is 0.278. The van der Waals surface area contributed by atoms with Gasteiger partial charge in [-0.05, 0) is 55.7 Å². The molecule has 0 bridgehead atoms. The largest absolute Gasteiger partial charge is 0.311 e. The van der Waals surface area contributed by atoms with Crippen molar-refractivity contribution < 1.29 is 0 Å². The van der Waals surface area contributed by atoms with Crippen LogP contribution in [-0.4, -0.2) is 12.1 Å². The van der Waals surface area contributed by atoms with Crippen LogP contribution < -0.4 is 5.32 Å². The van der Waals surface area contributed by atoms with Gasteiger partial charge in [0.1, 0.15) is 0 Å². The average Bonchev–Trinajstić information content (AvgIpc) is 3.09. The summed E-state index contributed by atoms with van der Waals surface area (Å²) in [4.78, 5) is 0. The Labute approximate surface area is 123 Å². The van der Waals surface area contributed by atoms with Crippen molar-refractivity contribution in [1.29, 1.82) is 0 Å². The lowest BCUT2D eigenvalue weighted by Crippen LogP contribution is -2.38. The van der Waals surface area contributed by atoms with Crippen molar-refractivity contribution in [2.45, 2.75) is 37.6 Å². The molecule has 2 aliphatic rings. The third-order valence-electron chi connectivity index (χ3n) is 4.38. The molecule has 2 unspecified atom stereocenters. The number of hydrogen-bond donors (Lipinski definition) is 1. The number of rotatable bonds is 2. The summed E-state index contributed by atoms with van der Waals surface area (Å²) in [6, 6.07) is 3.69. The molecule has 1 aromatic rings. The van der Waals surface area contributed by atoms with E-state index in [1.54, 1.807) is 6.07 Å². The number of halogens is 3. The van der Waals surface area contributed by atoms with Crippen LogP contribution in [0.4, 0.5) is 0 Å². The van der Waals surface area contributed by atoms with Crippen molar-refractivity contribution in [2.75, 3.05) is 6.54 Å². The molecule has 1 saturated carbocycles. The Morgan fingerprint density at radius 1 is 1.11 bits per heavy atom. The highest BCUT2D eigenvalue weighted by Gasteiger charge is 2.46. The molecule has 1 N–H and O–H groups in total. The van der Waals surface area contributed by atoms with Crippen molar-refractivity contribution in [3.8, 4) is 0 Å². The summed E-state index contributed by atoms with van der Waals surface area (Å²) in [5.41, 5.74) is 1.41. The van der Waals surface area contributed by atoms with Crippen molar-refractivity contribution in [3.63, 3.8) is 0 Å². The summed E-state index contributed by atoms with van der Waals surface area (Å²) in [5, 5.41) is 5.53. The van der Waals surface area contributed by atoms with E-state index in [0.29, 0.717) is 16.0 Å². The van der Waals surface area contributed by atoms with Crippen LogP contribution in [-0.2, 0) is 0 Å². The zero-order valence-corrected chi connectivity index (χ0v) is 12.5. The van der Waals surface area contributed by atoms with E-state index in [1.807, 2.05) is 6.07 Å². The predicted molar refractivity (Wildman–Crippen MR) is 78.0 cm³/mol. The van der Waals surface area contributed by atoms with Crippen LogP contribution in [0.1, 0.15) is 37.7 Å². The first-order valence-corrected chi connectivity index (χ1v) is 7.52. The molecule has 0 radical (unpaired) electrons. The third-order valence-corrected chi connectivity index (χ3v) is 5.43. The Hall–Kier alpha value is 0.0500. The van der Waals surface area contributed by atoms with Gasteiger partial charge in [-0.3, -0.25) is 0 Å². The second kappa shape index (κ2) is 4.56. The zero-order valence-electron chi connectivity index (χ0n) is 10.3. The quantitative estimate of drug-likeness (QED) is 0.767. The van der Waals surface area contributed by atoms with E-state index in [2.05, 4.69) is 12.2 Å². The molecule has 2 atom stereocenters. The smallest absolute Gasteiger partial charge is 0.0607 e. The zero-order chi connectivity index (χ0) is 12.9. The van der Waals surface area contributed by atoms with Gasteiger partial charge in [-0.1, -0.05) is 34.8 Å². The number of nitrogens with one attached hydrogen (secondary N) is 1. The molecule has 98 valence electrons. The normalized spacial score (nSPS) is 31.9. The molecular formula is C14H16Cl3N. The van der Waals surface area contributed by atoms with Gasteiger partial charge in [0.2, 0.25) is 0 Å². The lowest BCUT2D eigenvalue weighted by atomic mass is 9.87. The summed E-state index contributed by atoms with van der Waals surface area (Å²) in [6.45, 7) is 3.31. The molecule has 1 aromatic carbocycles. The molecule has 1 nitrogen and oxygen atoms in total. The molecule has 0 amide bonds. The van der Waals surface area contributed by atoms with Crippen molar-refractivity contribution in [3.05, 3.63) is 32.8 Å². The molecule has 1 aliphatic heterocycles. The lowest BCUT2D eigenvalue weighted by Gasteiger charge is -2.24. The van der Waals surface area contributed by atoms with E-state index in [4.69, 9.17) is 34.8 Å². The Balaban J connectivity index is 1.86. The van der Waals surface area contributed by atoms with E-state index >= 15 is 0 Å². The van der Waals surface area contributed by atoms with Gasteiger partial charge in [-0.2, -0.15) is 0 Å². The fourth-order valence-electron chi connectivity index (χ4n) is 3.11. The van der Waals surface area contributed by atoms with Gasteiger partial charge >= 0.3 is 0 Å². The van der Waals surface area contributed by atoms with Crippen LogP contribution in [0.25, 0.3) is 0 Å². The second-order valence-electron chi connectivity index (χ2n) is 5.76. The van der Waals surface area contributed by atoms with Gasteiger partial charge < -0.3 is 5.32 Å². The van der Waals surface area contributed by atoms with Crippen LogP contribution in [0.5, 0.6) is 0 Å². The van der Waals surface area contributed by atoms with E-state index in [-0.39, 0.29) is 5.54 Å². The molecule has 3 rings (SSSR count). The maximum atomic E-state index is 6.30. The summed E-state index contributed by atoms with van der Waals surface area (Å²) >= 11 is 18.4. The first-order chi connectivity index (χ1) is 8.49. The van der Waals surface area contributed by atoms with Gasteiger partial charge in [0.05, 0.1) is 10.0 Å². The van der Waals surface area contributed by atoms with Gasteiger partial charge in [-0.15, -0.1) is 0 Å². The molecule has 1 heterocycles. The Morgan fingerprint density at radius 3 is 2.44 bits per heavy atom. The maximum absolute atomic E-state index is 6.30. The highest BCUT2D eigenvalue weighted by atomic mass is 35.5. The van der Waals surface area contributed by atoms with E-state index in [0.717, 1.165) is 29.5 Å². The first-order valence-electron chi connectivity index (χ1n) is 6.39.